The van der Waals surface area contributed by atoms with Crippen molar-refractivity contribution in [3.63, 3.8) is 0 Å². The largest absolute Gasteiger partial charge is 0.467 e. The first kappa shape index (κ1) is 29.2. The molecule has 1 aliphatic rings. The number of amides is 2. The number of aromatic nitrogens is 1. The number of halogens is 1. The summed E-state index contributed by atoms with van der Waals surface area (Å²) in [5, 5.41) is 7.97. The molecule has 0 fully saturated rings. The predicted molar refractivity (Wildman–Crippen MR) is 152 cm³/mol. The van der Waals surface area contributed by atoms with Gasteiger partial charge in [0.2, 0.25) is 11.8 Å². The zero-order valence-electron chi connectivity index (χ0n) is 21.9. The number of unbranched alkanes of at least 4 members (excludes halogenated alkanes) is 1. The van der Waals surface area contributed by atoms with E-state index in [-0.39, 0.29) is 30.7 Å². The topological polar surface area (TPSA) is 126 Å². The summed E-state index contributed by atoms with van der Waals surface area (Å²) >= 11 is 0. The molecule has 38 heavy (non-hydrogen) atoms. The number of aromatic amines is 1. The SMILES string of the molecule is COC(=O)[C@@H]1CC=CCc2ccc3[nH]c4ccc(cc4c3c2)CC(C)C(=O)N[C@@H](CCCCN)C(=O)N1.Cl. The van der Waals surface area contributed by atoms with Crippen LogP contribution in [0, 0.1) is 5.92 Å². The van der Waals surface area contributed by atoms with Crippen molar-refractivity contribution >= 4 is 52.0 Å². The van der Waals surface area contributed by atoms with Crippen molar-refractivity contribution in [3.05, 3.63) is 59.7 Å². The first-order valence-electron chi connectivity index (χ1n) is 13.0. The van der Waals surface area contributed by atoms with Gasteiger partial charge in [-0.05, 0) is 80.5 Å². The highest BCUT2D eigenvalue weighted by Gasteiger charge is 2.28. The molecule has 1 aliphatic heterocycles. The molecule has 8 nitrogen and oxygen atoms in total. The molecular weight excluding hydrogens is 504 g/mol. The quantitative estimate of drug-likeness (QED) is 0.223. The minimum absolute atomic E-state index is 0. The monoisotopic (exact) mass is 540 g/mol. The number of ether oxygens (including phenoxy) is 1. The first-order valence-corrected chi connectivity index (χ1v) is 13.0. The summed E-state index contributed by atoms with van der Waals surface area (Å²) in [6.45, 7) is 2.37. The van der Waals surface area contributed by atoms with Crippen molar-refractivity contribution in [3.8, 4) is 0 Å². The lowest BCUT2D eigenvalue weighted by Crippen LogP contribution is -2.52. The number of methoxy groups -OCH3 is 1. The standard InChI is InChI=1S/C29H36N4O4.ClH/c1-18-15-20-11-13-24-22(17-20)21-16-19(10-12-23(21)31-24)7-3-4-9-26(29(36)37-2)33-28(35)25(32-27(18)34)8-5-6-14-30;/h3-4,10-13,16-18,25-26,31H,5-9,14-15,30H2,1-2H3,(H,32,34)(H,33,35);1H/t18?,25-,26-;/m0./s1. The van der Waals surface area contributed by atoms with Crippen LogP contribution in [0.4, 0.5) is 0 Å². The molecule has 0 radical (unpaired) electrons. The lowest BCUT2D eigenvalue weighted by atomic mass is 9.97. The van der Waals surface area contributed by atoms with Gasteiger partial charge in [-0.3, -0.25) is 9.59 Å². The van der Waals surface area contributed by atoms with Crippen molar-refractivity contribution in [1.82, 2.24) is 15.6 Å². The molecule has 2 amide bonds. The van der Waals surface area contributed by atoms with Gasteiger partial charge in [0.05, 0.1) is 7.11 Å². The Hall–Kier alpha value is -3.36. The number of H-pyrrole nitrogens is 1. The van der Waals surface area contributed by atoms with Crippen LogP contribution in [0.25, 0.3) is 21.8 Å². The van der Waals surface area contributed by atoms with E-state index >= 15 is 0 Å². The average Bonchev–Trinajstić information content (AvgIpc) is 3.26. The summed E-state index contributed by atoms with van der Waals surface area (Å²) in [6.07, 6.45) is 7.26. The van der Waals surface area contributed by atoms with E-state index in [2.05, 4.69) is 45.9 Å². The molecule has 0 saturated carbocycles. The molecule has 2 aromatic carbocycles. The third-order valence-corrected chi connectivity index (χ3v) is 6.99. The van der Waals surface area contributed by atoms with Crippen LogP contribution in [0.1, 0.15) is 43.7 Å². The van der Waals surface area contributed by atoms with E-state index < -0.39 is 24.0 Å². The fourth-order valence-electron chi connectivity index (χ4n) is 4.85. The number of nitrogens with one attached hydrogen (secondary N) is 3. The van der Waals surface area contributed by atoms with Gasteiger partial charge in [-0.25, -0.2) is 4.79 Å². The van der Waals surface area contributed by atoms with Crippen molar-refractivity contribution in [2.45, 2.75) is 57.5 Å². The molecule has 5 N–H and O–H groups in total. The molecule has 1 unspecified atom stereocenters. The Bertz CT molecular complexity index is 1320. The van der Waals surface area contributed by atoms with Gasteiger partial charge in [-0.15, -0.1) is 12.4 Å². The number of benzene rings is 2. The first-order chi connectivity index (χ1) is 17.9. The Morgan fingerprint density at radius 1 is 0.974 bits per heavy atom. The number of allylic oxidation sites excluding steroid dienone is 1. The van der Waals surface area contributed by atoms with E-state index in [1.165, 1.54) is 7.11 Å². The van der Waals surface area contributed by atoms with Crippen LogP contribution < -0.4 is 16.4 Å². The van der Waals surface area contributed by atoms with E-state index in [9.17, 15) is 14.4 Å². The molecule has 4 rings (SSSR count). The second-order valence-corrected chi connectivity index (χ2v) is 9.83. The Morgan fingerprint density at radius 2 is 1.66 bits per heavy atom. The van der Waals surface area contributed by atoms with Crippen molar-refractivity contribution in [1.29, 1.82) is 0 Å². The molecule has 2 heterocycles. The van der Waals surface area contributed by atoms with E-state index in [0.717, 1.165) is 39.4 Å². The van der Waals surface area contributed by atoms with Crippen molar-refractivity contribution < 1.29 is 19.1 Å². The van der Waals surface area contributed by atoms with Gasteiger partial charge in [-0.2, -0.15) is 0 Å². The van der Waals surface area contributed by atoms with E-state index in [0.29, 0.717) is 32.2 Å². The zero-order valence-corrected chi connectivity index (χ0v) is 22.7. The molecule has 3 atom stereocenters. The van der Waals surface area contributed by atoms with Crippen LogP contribution in [-0.4, -0.2) is 48.5 Å². The van der Waals surface area contributed by atoms with Gasteiger partial charge >= 0.3 is 5.97 Å². The van der Waals surface area contributed by atoms with Crippen LogP contribution in [-0.2, 0) is 32.0 Å². The molecule has 0 aliphatic carbocycles. The summed E-state index contributed by atoms with van der Waals surface area (Å²) in [6, 6.07) is 11.0. The predicted octanol–water partition coefficient (Wildman–Crippen LogP) is 3.70. The molecule has 0 spiro atoms. The average molecular weight is 541 g/mol. The highest BCUT2D eigenvalue weighted by atomic mass is 35.5. The number of rotatable bonds is 5. The lowest BCUT2D eigenvalue weighted by Gasteiger charge is -2.23. The maximum atomic E-state index is 13.2. The Labute approximate surface area is 229 Å². The van der Waals surface area contributed by atoms with Crippen molar-refractivity contribution in [2.75, 3.05) is 13.7 Å². The summed E-state index contributed by atoms with van der Waals surface area (Å²) in [4.78, 5) is 42.2. The fraction of sp³-hybridized carbons (Fsp3) is 0.414. The molecule has 3 aromatic rings. The number of fused-ring (bicyclic) bond motifs is 2. The van der Waals surface area contributed by atoms with Crippen LogP contribution in [0.3, 0.4) is 0 Å². The number of esters is 1. The van der Waals surface area contributed by atoms with Gasteiger partial charge in [-0.1, -0.05) is 31.2 Å². The second-order valence-electron chi connectivity index (χ2n) is 9.83. The van der Waals surface area contributed by atoms with E-state index in [4.69, 9.17) is 10.5 Å². The fourth-order valence-corrected chi connectivity index (χ4v) is 4.85. The summed E-state index contributed by atoms with van der Waals surface area (Å²) in [5.74, 6) is -1.47. The second kappa shape index (κ2) is 13.4. The van der Waals surface area contributed by atoms with Crippen LogP contribution in [0.5, 0.6) is 0 Å². The van der Waals surface area contributed by atoms with Crippen molar-refractivity contribution in [2.24, 2.45) is 11.7 Å². The number of hydrogen-bond acceptors (Lipinski definition) is 5. The molecular formula is C29H37ClN4O4. The molecule has 9 heteroatoms. The molecule has 0 saturated heterocycles. The minimum Gasteiger partial charge on any atom is -0.467 e. The highest BCUT2D eigenvalue weighted by Crippen LogP contribution is 2.28. The Kier molecular flexibility index (Phi) is 10.3. The molecule has 1 aromatic heterocycles. The summed E-state index contributed by atoms with van der Waals surface area (Å²) < 4.78 is 4.93. The zero-order chi connectivity index (χ0) is 26.4. The van der Waals surface area contributed by atoms with E-state index in [1.54, 1.807) is 0 Å². The third-order valence-electron chi connectivity index (χ3n) is 6.99. The number of carbonyl (C=O) groups excluding carboxylic acids is 3. The van der Waals surface area contributed by atoms with E-state index in [1.807, 2.05) is 25.1 Å². The molecule has 204 valence electrons. The van der Waals surface area contributed by atoms with Gasteiger partial charge < -0.3 is 26.1 Å². The third kappa shape index (κ3) is 6.94. The lowest BCUT2D eigenvalue weighted by molar-refractivity contribution is -0.145. The smallest absolute Gasteiger partial charge is 0.328 e. The Morgan fingerprint density at radius 3 is 2.34 bits per heavy atom. The van der Waals surface area contributed by atoms with Gasteiger partial charge in [0.25, 0.3) is 0 Å². The van der Waals surface area contributed by atoms with Crippen LogP contribution >= 0.6 is 12.4 Å². The molecule has 4 bridgehead atoms. The highest BCUT2D eigenvalue weighted by molar-refractivity contribution is 6.07. The maximum absolute atomic E-state index is 13.2. The van der Waals surface area contributed by atoms with Gasteiger partial charge in [0.1, 0.15) is 12.1 Å². The minimum atomic E-state index is -0.842. The summed E-state index contributed by atoms with van der Waals surface area (Å²) in [5.41, 5.74) is 9.95. The number of carbonyl (C=O) groups is 3. The number of hydrogen-bond donors (Lipinski definition) is 4. The van der Waals surface area contributed by atoms with Gasteiger partial charge in [0.15, 0.2) is 0 Å². The maximum Gasteiger partial charge on any atom is 0.328 e. The normalized spacial score (nSPS) is 20.7. The Balaban J connectivity index is 0.00000400. The number of nitrogens with two attached hydrogens (primary N) is 1. The van der Waals surface area contributed by atoms with Crippen LogP contribution in [0.15, 0.2) is 48.6 Å². The van der Waals surface area contributed by atoms with Crippen LogP contribution in [0.2, 0.25) is 0 Å². The van der Waals surface area contributed by atoms with Gasteiger partial charge in [0, 0.05) is 27.7 Å². The summed E-state index contributed by atoms with van der Waals surface area (Å²) in [7, 11) is 1.30.